The Balaban J connectivity index is 1.51. The van der Waals surface area contributed by atoms with Crippen LogP contribution in [0.1, 0.15) is 104 Å². The highest BCUT2D eigenvalue weighted by atomic mass is 19.1. The Morgan fingerprint density at radius 1 is 0.543 bits per heavy atom. The first-order valence-electron chi connectivity index (χ1n) is 14.1. The summed E-state index contributed by atoms with van der Waals surface area (Å²) in [7, 11) is 0. The Hall–Kier alpha value is -2.29. The van der Waals surface area contributed by atoms with Crippen molar-refractivity contribution in [1.82, 2.24) is 0 Å². The van der Waals surface area contributed by atoms with Gasteiger partial charge in [-0.1, -0.05) is 109 Å². The number of rotatable bonds is 18. The number of hydrogen-bond donors (Lipinski definition) is 0. The van der Waals surface area contributed by atoms with Crippen LogP contribution in [-0.2, 0) is 0 Å². The SMILES string of the molecule is CCCCCCCCCOc1ccc2c(ccc3c(F)c(OCCCCCCCCC)ccc32)c1. The topological polar surface area (TPSA) is 18.5 Å². The van der Waals surface area contributed by atoms with Gasteiger partial charge in [-0.2, -0.15) is 0 Å². The lowest BCUT2D eigenvalue weighted by atomic mass is 10.0. The summed E-state index contributed by atoms with van der Waals surface area (Å²) >= 11 is 0. The van der Waals surface area contributed by atoms with Gasteiger partial charge in [-0.05, 0) is 53.3 Å². The fraction of sp³-hybridized carbons (Fsp3) is 0.562. The van der Waals surface area contributed by atoms with E-state index in [1.807, 2.05) is 24.3 Å². The second-order valence-electron chi connectivity index (χ2n) is 9.86. The molecule has 192 valence electrons. The fourth-order valence-electron chi connectivity index (χ4n) is 4.76. The van der Waals surface area contributed by atoms with Crippen LogP contribution in [-0.4, -0.2) is 13.2 Å². The lowest BCUT2D eigenvalue weighted by Gasteiger charge is -2.12. The lowest BCUT2D eigenvalue weighted by Crippen LogP contribution is -2.00. The molecule has 0 amide bonds. The number of hydrogen-bond acceptors (Lipinski definition) is 2. The van der Waals surface area contributed by atoms with E-state index in [1.54, 1.807) is 6.07 Å². The van der Waals surface area contributed by atoms with Gasteiger partial charge in [0.15, 0.2) is 11.6 Å². The highest BCUT2D eigenvalue weighted by molar-refractivity contribution is 6.08. The van der Waals surface area contributed by atoms with Crippen molar-refractivity contribution in [2.45, 2.75) is 104 Å². The predicted octanol–water partition coefficient (Wildman–Crippen LogP) is 10.4. The second-order valence-corrected chi connectivity index (χ2v) is 9.86. The van der Waals surface area contributed by atoms with Crippen LogP contribution in [0.25, 0.3) is 21.5 Å². The molecule has 0 N–H and O–H groups in total. The Bertz CT molecular complexity index is 1010. The van der Waals surface area contributed by atoms with E-state index in [1.165, 1.54) is 70.6 Å². The molecule has 0 fully saturated rings. The molecule has 2 nitrogen and oxygen atoms in total. The standard InChI is InChI=1S/C32H45FO2/c1-3-5-7-9-11-13-15-23-34-27-18-20-28-26(25-27)17-19-30-29(28)21-22-31(32(30)33)35-24-16-14-12-10-8-6-4-2/h17-22,25H,3-16,23-24H2,1-2H3. The van der Waals surface area contributed by atoms with Gasteiger partial charge in [0.2, 0.25) is 0 Å². The van der Waals surface area contributed by atoms with E-state index in [4.69, 9.17) is 9.47 Å². The quantitative estimate of drug-likeness (QED) is 0.133. The van der Waals surface area contributed by atoms with E-state index >= 15 is 4.39 Å². The molecule has 0 bridgehead atoms. The first-order valence-corrected chi connectivity index (χ1v) is 14.1. The van der Waals surface area contributed by atoms with Gasteiger partial charge in [-0.25, -0.2) is 4.39 Å². The monoisotopic (exact) mass is 480 g/mol. The molecule has 0 aliphatic carbocycles. The molecule has 0 spiro atoms. The molecule has 3 heteroatoms. The van der Waals surface area contributed by atoms with E-state index in [0.717, 1.165) is 47.8 Å². The zero-order chi connectivity index (χ0) is 24.7. The summed E-state index contributed by atoms with van der Waals surface area (Å²) in [5.74, 6) is 0.988. The maximum absolute atomic E-state index is 15.2. The predicted molar refractivity (Wildman–Crippen MR) is 148 cm³/mol. The summed E-state index contributed by atoms with van der Waals surface area (Å²) in [6.45, 7) is 5.81. The molecule has 3 aromatic rings. The molecule has 35 heavy (non-hydrogen) atoms. The maximum Gasteiger partial charge on any atom is 0.172 e. The third kappa shape index (κ3) is 8.70. The number of fused-ring (bicyclic) bond motifs is 3. The molecule has 0 aliphatic rings. The zero-order valence-corrected chi connectivity index (χ0v) is 22.0. The van der Waals surface area contributed by atoms with Crippen LogP contribution in [0.15, 0.2) is 42.5 Å². The van der Waals surface area contributed by atoms with Gasteiger partial charge in [0.05, 0.1) is 13.2 Å². The zero-order valence-electron chi connectivity index (χ0n) is 22.0. The minimum atomic E-state index is -0.258. The fourth-order valence-corrected chi connectivity index (χ4v) is 4.76. The van der Waals surface area contributed by atoms with Crippen LogP contribution in [0, 0.1) is 5.82 Å². The van der Waals surface area contributed by atoms with E-state index in [2.05, 4.69) is 26.0 Å². The summed E-state index contributed by atoms with van der Waals surface area (Å²) in [4.78, 5) is 0. The van der Waals surface area contributed by atoms with Crippen LogP contribution >= 0.6 is 0 Å². The molecular weight excluding hydrogens is 435 g/mol. The molecule has 0 aromatic heterocycles. The van der Waals surface area contributed by atoms with Crippen LogP contribution in [0.2, 0.25) is 0 Å². The van der Waals surface area contributed by atoms with Gasteiger partial charge in [-0.15, -0.1) is 0 Å². The van der Waals surface area contributed by atoms with E-state index in [0.29, 0.717) is 17.7 Å². The third-order valence-corrected chi connectivity index (χ3v) is 6.91. The lowest BCUT2D eigenvalue weighted by molar-refractivity contribution is 0.291. The van der Waals surface area contributed by atoms with Crippen LogP contribution in [0.3, 0.4) is 0 Å². The molecule has 0 unspecified atom stereocenters. The average Bonchev–Trinajstić information content (AvgIpc) is 2.88. The highest BCUT2D eigenvalue weighted by Gasteiger charge is 2.11. The van der Waals surface area contributed by atoms with Crippen molar-refractivity contribution in [1.29, 1.82) is 0 Å². The van der Waals surface area contributed by atoms with Crippen molar-refractivity contribution in [3.8, 4) is 11.5 Å². The summed E-state index contributed by atoms with van der Waals surface area (Å²) < 4.78 is 27.0. The van der Waals surface area contributed by atoms with Gasteiger partial charge in [-0.3, -0.25) is 0 Å². The van der Waals surface area contributed by atoms with Gasteiger partial charge in [0.1, 0.15) is 5.75 Å². The third-order valence-electron chi connectivity index (χ3n) is 6.91. The Morgan fingerprint density at radius 3 is 1.74 bits per heavy atom. The average molecular weight is 481 g/mol. The molecule has 0 saturated heterocycles. The molecule has 0 aliphatic heterocycles. The largest absolute Gasteiger partial charge is 0.494 e. The van der Waals surface area contributed by atoms with Gasteiger partial charge in [0, 0.05) is 5.39 Å². The number of ether oxygens (including phenoxy) is 2. The van der Waals surface area contributed by atoms with Crippen LogP contribution in [0.5, 0.6) is 11.5 Å². The highest BCUT2D eigenvalue weighted by Crippen LogP contribution is 2.33. The molecular formula is C32H45FO2. The minimum Gasteiger partial charge on any atom is -0.494 e. The first-order chi connectivity index (χ1) is 17.2. The Morgan fingerprint density at radius 2 is 1.09 bits per heavy atom. The Labute approximate surface area is 212 Å². The number of benzene rings is 3. The van der Waals surface area contributed by atoms with Crippen molar-refractivity contribution in [2.24, 2.45) is 0 Å². The van der Waals surface area contributed by atoms with Gasteiger partial charge >= 0.3 is 0 Å². The normalized spacial score (nSPS) is 11.4. The van der Waals surface area contributed by atoms with Crippen molar-refractivity contribution >= 4 is 21.5 Å². The van der Waals surface area contributed by atoms with Crippen molar-refractivity contribution in [3.05, 3.63) is 48.3 Å². The first kappa shape index (κ1) is 27.3. The summed E-state index contributed by atoms with van der Waals surface area (Å²) in [6, 6.07) is 13.7. The second kappa shape index (κ2) is 15.7. The summed E-state index contributed by atoms with van der Waals surface area (Å²) in [5, 5.41) is 3.65. The molecule has 0 saturated carbocycles. The maximum atomic E-state index is 15.2. The molecule has 0 radical (unpaired) electrons. The molecule has 3 aromatic carbocycles. The van der Waals surface area contributed by atoms with Crippen molar-refractivity contribution in [3.63, 3.8) is 0 Å². The molecule has 3 rings (SSSR count). The van der Waals surface area contributed by atoms with Crippen LogP contribution < -0.4 is 9.47 Å². The molecule has 0 atom stereocenters. The number of halogens is 1. The van der Waals surface area contributed by atoms with Crippen LogP contribution in [0.4, 0.5) is 4.39 Å². The van der Waals surface area contributed by atoms with E-state index < -0.39 is 0 Å². The van der Waals surface area contributed by atoms with Crippen molar-refractivity contribution < 1.29 is 13.9 Å². The molecule has 0 heterocycles. The van der Waals surface area contributed by atoms with Gasteiger partial charge < -0.3 is 9.47 Å². The van der Waals surface area contributed by atoms with Crippen molar-refractivity contribution in [2.75, 3.05) is 13.2 Å². The smallest absolute Gasteiger partial charge is 0.172 e. The van der Waals surface area contributed by atoms with E-state index in [9.17, 15) is 0 Å². The summed E-state index contributed by atoms with van der Waals surface area (Å²) in [6.07, 6.45) is 17.5. The van der Waals surface area contributed by atoms with E-state index in [-0.39, 0.29) is 5.82 Å². The Kier molecular flexibility index (Phi) is 12.2. The summed E-state index contributed by atoms with van der Waals surface area (Å²) in [5.41, 5.74) is 0. The van der Waals surface area contributed by atoms with Gasteiger partial charge in [0.25, 0.3) is 0 Å². The minimum absolute atomic E-state index is 0.258. The number of unbranched alkanes of at least 4 members (excludes halogenated alkanes) is 12.